The molecule has 0 fully saturated rings. The number of carbonyl (C=O) groups is 1. The zero-order valence-electron chi connectivity index (χ0n) is 12.5. The molecule has 2 aromatic carbocycles. The monoisotopic (exact) mass is 300 g/mol. The van der Waals surface area contributed by atoms with Crippen molar-refractivity contribution in [2.45, 2.75) is 13.5 Å². The molecule has 0 saturated carbocycles. The smallest absolute Gasteiger partial charge is 0.338 e. The van der Waals surface area contributed by atoms with E-state index in [9.17, 15) is 9.18 Å². The van der Waals surface area contributed by atoms with Crippen LogP contribution in [0.5, 0.6) is 5.75 Å². The van der Waals surface area contributed by atoms with Crippen molar-refractivity contribution in [2.24, 2.45) is 0 Å². The fourth-order valence-corrected chi connectivity index (χ4v) is 2.09. The van der Waals surface area contributed by atoms with Crippen molar-refractivity contribution < 1.29 is 18.7 Å². The zero-order valence-corrected chi connectivity index (χ0v) is 12.5. The number of allylic oxidation sites excluding steroid dienone is 1. The van der Waals surface area contributed by atoms with Gasteiger partial charge in [0, 0.05) is 0 Å². The van der Waals surface area contributed by atoms with E-state index in [-0.39, 0.29) is 12.4 Å². The van der Waals surface area contributed by atoms with E-state index in [1.807, 2.05) is 24.3 Å². The second kappa shape index (κ2) is 7.41. The van der Waals surface area contributed by atoms with Gasteiger partial charge in [0.2, 0.25) is 0 Å². The molecule has 2 aromatic rings. The van der Waals surface area contributed by atoms with E-state index < -0.39 is 5.97 Å². The summed E-state index contributed by atoms with van der Waals surface area (Å²) in [5.74, 6) is -0.136. The lowest BCUT2D eigenvalue weighted by molar-refractivity contribution is -0.133. The van der Waals surface area contributed by atoms with Gasteiger partial charge in [-0.05, 0) is 42.3 Å². The molecule has 0 bridgehead atoms. The maximum atomic E-state index is 12.9. The maximum absolute atomic E-state index is 12.9. The molecule has 0 spiro atoms. The van der Waals surface area contributed by atoms with Crippen LogP contribution in [0.15, 0.2) is 54.6 Å². The molecule has 0 aliphatic heterocycles. The van der Waals surface area contributed by atoms with Crippen LogP contribution in [0.4, 0.5) is 4.39 Å². The molecule has 3 nitrogen and oxygen atoms in total. The van der Waals surface area contributed by atoms with E-state index in [4.69, 9.17) is 9.47 Å². The summed E-state index contributed by atoms with van der Waals surface area (Å²) in [5.41, 5.74) is 2.10. The molecule has 0 aliphatic carbocycles. The van der Waals surface area contributed by atoms with Gasteiger partial charge in [-0.3, -0.25) is 0 Å². The second-order valence-corrected chi connectivity index (χ2v) is 4.59. The van der Waals surface area contributed by atoms with E-state index >= 15 is 0 Å². The van der Waals surface area contributed by atoms with Gasteiger partial charge in [0.25, 0.3) is 0 Å². The van der Waals surface area contributed by atoms with Crippen LogP contribution in [0.2, 0.25) is 0 Å². The number of esters is 1. The van der Waals surface area contributed by atoms with Gasteiger partial charge in [0.05, 0.1) is 12.7 Å². The molecular formula is C18H17FO3. The third-order valence-electron chi connectivity index (χ3n) is 3.21. The van der Waals surface area contributed by atoms with Crippen molar-refractivity contribution in [3.63, 3.8) is 0 Å². The predicted octanol–water partition coefficient (Wildman–Crippen LogP) is 3.98. The summed E-state index contributed by atoms with van der Waals surface area (Å²) < 4.78 is 23.3. The SMILES string of the molecule is CC=C(C(=O)OC)c1ccccc1COc1ccc(F)cc1. The van der Waals surface area contributed by atoms with Crippen molar-refractivity contribution >= 4 is 11.5 Å². The summed E-state index contributed by atoms with van der Waals surface area (Å²) in [6, 6.07) is 13.3. The molecule has 0 atom stereocenters. The fraction of sp³-hybridized carbons (Fsp3) is 0.167. The minimum Gasteiger partial charge on any atom is -0.489 e. The van der Waals surface area contributed by atoms with Crippen LogP contribution in [0.1, 0.15) is 18.1 Å². The van der Waals surface area contributed by atoms with Gasteiger partial charge in [-0.2, -0.15) is 0 Å². The Labute approximate surface area is 129 Å². The molecular weight excluding hydrogens is 283 g/mol. The molecule has 0 radical (unpaired) electrons. The van der Waals surface area contributed by atoms with Gasteiger partial charge in [-0.15, -0.1) is 0 Å². The molecule has 0 unspecified atom stereocenters. The highest BCUT2D eigenvalue weighted by molar-refractivity contribution is 6.16. The predicted molar refractivity (Wildman–Crippen MR) is 82.8 cm³/mol. The van der Waals surface area contributed by atoms with E-state index in [0.717, 1.165) is 11.1 Å². The lowest BCUT2D eigenvalue weighted by Gasteiger charge is -2.12. The third kappa shape index (κ3) is 3.73. The number of rotatable bonds is 5. The minimum absolute atomic E-state index is 0.274. The molecule has 0 aromatic heterocycles. The summed E-state index contributed by atoms with van der Waals surface area (Å²) >= 11 is 0. The summed E-state index contributed by atoms with van der Waals surface area (Å²) in [7, 11) is 1.35. The molecule has 22 heavy (non-hydrogen) atoms. The lowest BCUT2D eigenvalue weighted by atomic mass is 10.00. The van der Waals surface area contributed by atoms with Crippen LogP contribution in [0.3, 0.4) is 0 Å². The van der Waals surface area contributed by atoms with Gasteiger partial charge < -0.3 is 9.47 Å². The van der Waals surface area contributed by atoms with Crippen LogP contribution in [-0.4, -0.2) is 13.1 Å². The first kappa shape index (κ1) is 15.8. The molecule has 4 heteroatoms. The van der Waals surface area contributed by atoms with Gasteiger partial charge in [-0.1, -0.05) is 30.3 Å². The summed E-state index contributed by atoms with van der Waals surface area (Å²) in [6.07, 6.45) is 1.71. The highest BCUT2D eigenvalue weighted by Gasteiger charge is 2.15. The number of halogens is 1. The Morgan fingerprint density at radius 2 is 1.82 bits per heavy atom. The normalized spacial score (nSPS) is 11.1. The van der Waals surface area contributed by atoms with E-state index in [1.54, 1.807) is 25.1 Å². The van der Waals surface area contributed by atoms with E-state index in [0.29, 0.717) is 11.3 Å². The number of benzene rings is 2. The quantitative estimate of drug-likeness (QED) is 0.619. The van der Waals surface area contributed by atoms with E-state index in [1.165, 1.54) is 19.2 Å². The maximum Gasteiger partial charge on any atom is 0.338 e. The molecule has 0 aliphatic rings. The summed E-state index contributed by atoms with van der Waals surface area (Å²) in [4.78, 5) is 11.8. The molecule has 0 heterocycles. The Morgan fingerprint density at radius 3 is 2.45 bits per heavy atom. The summed E-state index contributed by atoms with van der Waals surface area (Å²) in [6.45, 7) is 2.06. The first-order valence-electron chi connectivity index (χ1n) is 6.87. The highest BCUT2D eigenvalue weighted by atomic mass is 19.1. The van der Waals surface area contributed by atoms with Crippen molar-refractivity contribution in [3.05, 3.63) is 71.6 Å². The number of ether oxygens (including phenoxy) is 2. The molecule has 0 amide bonds. The Bertz CT molecular complexity index is 675. The molecule has 114 valence electrons. The van der Waals surface area contributed by atoms with Gasteiger partial charge in [0.1, 0.15) is 18.2 Å². The van der Waals surface area contributed by atoms with Crippen molar-refractivity contribution in [3.8, 4) is 5.75 Å². The van der Waals surface area contributed by atoms with Crippen LogP contribution in [-0.2, 0) is 16.1 Å². The molecule has 0 saturated heterocycles. The van der Waals surface area contributed by atoms with Crippen LogP contribution < -0.4 is 4.74 Å². The third-order valence-corrected chi connectivity index (χ3v) is 3.21. The van der Waals surface area contributed by atoms with Gasteiger partial charge in [-0.25, -0.2) is 9.18 Å². The Morgan fingerprint density at radius 1 is 1.14 bits per heavy atom. The number of hydrogen-bond donors (Lipinski definition) is 0. The van der Waals surface area contributed by atoms with Crippen molar-refractivity contribution in [2.75, 3.05) is 7.11 Å². The second-order valence-electron chi connectivity index (χ2n) is 4.59. The Balaban J connectivity index is 2.21. The number of methoxy groups -OCH3 is 1. The molecule has 0 N–H and O–H groups in total. The average Bonchev–Trinajstić information content (AvgIpc) is 2.56. The Kier molecular flexibility index (Phi) is 5.31. The van der Waals surface area contributed by atoms with Gasteiger partial charge in [0.15, 0.2) is 0 Å². The lowest BCUT2D eigenvalue weighted by Crippen LogP contribution is -2.07. The minimum atomic E-state index is -0.392. The standard InChI is InChI=1S/C18H17FO3/c1-3-16(18(20)21-2)17-7-5-4-6-13(17)12-22-15-10-8-14(19)9-11-15/h3-11H,12H2,1-2H3. The zero-order chi connectivity index (χ0) is 15.9. The van der Waals surface area contributed by atoms with Crippen LogP contribution in [0, 0.1) is 5.82 Å². The first-order chi connectivity index (χ1) is 10.7. The average molecular weight is 300 g/mol. The van der Waals surface area contributed by atoms with Crippen molar-refractivity contribution in [1.82, 2.24) is 0 Å². The van der Waals surface area contributed by atoms with E-state index in [2.05, 4.69) is 0 Å². The number of hydrogen-bond acceptors (Lipinski definition) is 3. The van der Waals surface area contributed by atoms with Crippen LogP contribution >= 0.6 is 0 Å². The fourth-order valence-electron chi connectivity index (χ4n) is 2.09. The van der Waals surface area contributed by atoms with Crippen LogP contribution in [0.25, 0.3) is 5.57 Å². The summed E-state index contributed by atoms with van der Waals surface area (Å²) in [5, 5.41) is 0. The largest absolute Gasteiger partial charge is 0.489 e. The van der Waals surface area contributed by atoms with Gasteiger partial charge >= 0.3 is 5.97 Å². The molecule has 2 rings (SSSR count). The number of carbonyl (C=O) groups excluding carboxylic acids is 1. The highest BCUT2D eigenvalue weighted by Crippen LogP contribution is 2.22. The first-order valence-corrected chi connectivity index (χ1v) is 6.87. The Hall–Kier alpha value is -2.62. The van der Waals surface area contributed by atoms with Crippen molar-refractivity contribution in [1.29, 1.82) is 0 Å². The topological polar surface area (TPSA) is 35.5 Å².